The summed E-state index contributed by atoms with van der Waals surface area (Å²) in [5.74, 6) is 0. The summed E-state index contributed by atoms with van der Waals surface area (Å²) in [4.78, 5) is 5.31. The molecule has 2 aliphatic rings. The van der Waals surface area contributed by atoms with Gasteiger partial charge < -0.3 is 9.80 Å². The predicted octanol–water partition coefficient (Wildman–Crippen LogP) is 8.27. The van der Waals surface area contributed by atoms with E-state index in [1.165, 1.54) is 16.4 Å². The number of hydrogen-bond donors (Lipinski definition) is 0. The van der Waals surface area contributed by atoms with Crippen LogP contribution in [0, 0.1) is 0 Å². The summed E-state index contributed by atoms with van der Waals surface area (Å²) in [6.45, 7) is 0.0368. The van der Waals surface area contributed by atoms with Gasteiger partial charge in [0.05, 0.1) is 9.79 Å². The molecule has 0 bridgehead atoms. The second kappa shape index (κ2) is 11.1. The lowest BCUT2D eigenvalue weighted by Crippen LogP contribution is -2.61. The van der Waals surface area contributed by atoms with Crippen LogP contribution in [0.25, 0.3) is 11.1 Å². The minimum atomic E-state index is -3.64. The van der Waals surface area contributed by atoms with Crippen LogP contribution < -0.4 is 26.2 Å². The molecule has 6 heteroatoms. The first-order chi connectivity index (χ1) is 23.6. The van der Waals surface area contributed by atoms with Gasteiger partial charge >= 0.3 is 0 Å². The van der Waals surface area contributed by atoms with Crippen molar-refractivity contribution in [2.24, 2.45) is 0 Å². The normalized spacial score (nSPS) is 13.0. The number of anilines is 6. The fourth-order valence-corrected chi connectivity index (χ4v) is 8.62. The Bertz CT molecular complexity index is 2310. The second-order valence-electron chi connectivity index (χ2n) is 12.2. The van der Waals surface area contributed by atoms with Crippen molar-refractivity contribution >= 4 is 67.1 Å². The van der Waals surface area contributed by atoms with Crippen LogP contribution in [-0.2, 0) is 9.84 Å². The molecule has 0 amide bonds. The molecular formula is C42H29BN2O2S. The molecule has 0 saturated carbocycles. The molecule has 0 radical (unpaired) electrons. The van der Waals surface area contributed by atoms with E-state index in [1.54, 1.807) is 36.4 Å². The lowest BCUT2D eigenvalue weighted by Gasteiger charge is -2.44. The Kier molecular flexibility index (Phi) is 6.59. The molecular weight excluding hydrogens is 607 g/mol. The SMILES string of the molecule is O=S(=O)(c1ccccc1)c1ccc(-c2cc3c4c(c2)N(c2ccccc2)c2ccccc2B4c2ccccc2N3c2ccccc2)cc1. The summed E-state index contributed by atoms with van der Waals surface area (Å²) in [5.41, 5.74) is 12.4. The number of fused-ring (bicyclic) bond motifs is 4. The molecule has 0 unspecified atom stereocenters. The maximum Gasteiger partial charge on any atom is 0.252 e. The molecule has 2 heterocycles. The Morgan fingerprint density at radius 3 is 1.31 bits per heavy atom. The minimum absolute atomic E-state index is 0.0368. The Morgan fingerprint density at radius 1 is 0.396 bits per heavy atom. The van der Waals surface area contributed by atoms with Crippen LogP contribution in [0.3, 0.4) is 0 Å². The van der Waals surface area contributed by atoms with Gasteiger partial charge in [-0.3, -0.25) is 0 Å². The molecule has 228 valence electrons. The molecule has 4 nitrogen and oxygen atoms in total. The third kappa shape index (κ3) is 4.41. The lowest BCUT2D eigenvalue weighted by molar-refractivity contribution is 0.596. The monoisotopic (exact) mass is 636 g/mol. The molecule has 0 atom stereocenters. The van der Waals surface area contributed by atoms with E-state index >= 15 is 0 Å². The van der Waals surface area contributed by atoms with Gasteiger partial charge in [0, 0.05) is 34.1 Å². The summed E-state index contributed by atoms with van der Waals surface area (Å²) in [7, 11) is -3.64. The van der Waals surface area contributed by atoms with Crippen LogP contribution in [0.2, 0.25) is 0 Å². The molecule has 0 aromatic heterocycles. The van der Waals surface area contributed by atoms with Gasteiger partial charge in [-0.1, -0.05) is 103 Å². The van der Waals surface area contributed by atoms with Gasteiger partial charge in [-0.25, -0.2) is 8.42 Å². The van der Waals surface area contributed by atoms with Gasteiger partial charge in [0.25, 0.3) is 6.71 Å². The van der Waals surface area contributed by atoms with Crippen LogP contribution in [0.5, 0.6) is 0 Å². The van der Waals surface area contributed by atoms with Gasteiger partial charge in [-0.05, 0) is 100 Å². The zero-order valence-electron chi connectivity index (χ0n) is 25.9. The third-order valence-corrected chi connectivity index (χ3v) is 11.2. The standard InChI is InChI=1S/C42H29BN2O2S/c46-48(47,34-18-8-3-9-19-34)35-26-24-30(25-27-35)31-28-40-42-41(29-31)45(33-16-6-2-7-17-33)39-23-13-11-21-37(39)43(42)36-20-10-12-22-38(36)44(40)32-14-4-1-5-15-32/h1-29H. The van der Waals surface area contributed by atoms with Gasteiger partial charge in [-0.15, -0.1) is 0 Å². The van der Waals surface area contributed by atoms with Gasteiger partial charge in [0.1, 0.15) is 0 Å². The second-order valence-corrected chi connectivity index (χ2v) is 14.1. The van der Waals surface area contributed by atoms with E-state index in [0.29, 0.717) is 0 Å². The molecule has 0 fully saturated rings. The van der Waals surface area contributed by atoms with Crippen LogP contribution in [0.15, 0.2) is 186 Å². The van der Waals surface area contributed by atoms with Crippen molar-refractivity contribution in [3.8, 4) is 11.1 Å². The van der Waals surface area contributed by atoms with Crippen LogP contribution in [-0.4, -0.2) is 15.1 Å². The average molecular weight is 637 g/mol. The molecule has 0 saturated heterocycles. The van der Waals surface area contributed by atoms with Gasteiger partial charge in [-0.2, -0.15) is 0 Å². The maximum atomic E-state index is 13.4. The van der Waals surface area contributed by atoms with Crippen molar-refractivity contribution < 1.29 is 8.42 Å². The lowest BCUT2D eigenvalue weighted by atomic mass is 9.33. The topological polar surface area (TPSA) is 40.6 Å². The largest absolute Gasteiger partial charge is 0.311 e. The van der Waals surface area contributed by atoms with Crippen molar-refractivity contribution in [1.82, 2.24) is 0 Å². The molecule has 0 spiro atoms. The Balaban J connectivity index is 1.31. The van der Waals surface area contributed by atoms with E-state index in [-0.39, 0.29) is 16.5 Å². The van der Waals surface area contributed by atoms with Gasteiger partial charge in [0.15, 0.2) is 0 Å². The average Bonchev–Trinajstić information content (AvgIpc) is 3.15. The summed E-state index contributed by atoms with van der Waals surface area (Å²) < 4.78 is 26.9. The highest BCUT2D eigenvalue weighted by Crippen LogP contribution is 2.45. The van der Waals surface area contributed by atoms with Crippen LogP contribution >= 0.6 is 0 Å². The number of nitrogens with zero attached hydrogens (tertiary/aromatic N) is 2. The summed E-state index contributed by atoms with van der Waals surface area (Å²) in [5, 5.41) is 0. The maximum absolute atomic E-state index is 13.4. The first-order valence-corrected chi connectivity index (χ1v) is 17.5. The molecule has 48 heavy (non-hydrogen) atoms. The quantitative estimate of drug-likeness (QED) is 0.178. The molecule has 2 aliphatic heterocycles. The molecule has 7 aromatic rings. The number of para-hydroxylation sites is 4. The number of sulfone groups is 1. The van der Waals surface area contributed by atoms with Gasteiger partial charge in [0.2, 0.25) is 9.84 Å². The number of rotatable bonds is 5. The molecule has 7 aromatic carbocycles. The highest BCUT2D eigenvalue weighted by atomic mass is 32.2. The number of benzene rings is 7. The zero-order valence-corrected chi connectivity index (χ0v) is 26.8. The van der Waals surface area contributed by atoms with E-state index in [0.717, 1.165) is 45.3 Å². The summed E-state index contributed by atoms with van der Waals surface area (Å²) in [6.07, 6.45) is 0. The molecule has 0 N–H and O–H groups in total. The summed E-state index contributed by atoms with van der Waals surface area (Å²) >= 11 is 0. The Labute approximate surface area is 281 Å². The predicted molar refractivity (Wildman–Crippen MR) is 198 cm³/mol. The molecule has 0 aliphatic carbocycles. The van der Waals surface area contributed by atoms with E-state index in [4.69, 9.17) is 0 Å². The van der Waals surface area contributed by atoms with E-state index in [2.05, 4.69) is 119 Å². The van der Waals surface area contributed by atoms with Crippen molar-refractivity contribution in [3.05, 3.63) is 176 Å². The number of hydrogen-bond acceptors (Lipinski definition) is 4. The highest BCUT2D eigenvalue weighted by Gasteiger charge is 2.43. The highest BCUT2D eigenvalue weighted by molar-refractivity contribution is 7.91. The fraction of sp³-hybridized carbons (Fsp3) is 0. The Morgan fingerprint density at radius 2 is 0.812 bits per heavy atom. The van der Waals surface area contributed by atoms with E-state index in [1.807, 2.05) is 30.3 Å². The van der Waals surface area contributed by atoms with Crippen molar-refractivity contribution in [1.29, 1.82) is 0 Å². The third-order valence-electron chi connectivity index (χ3n) is 9.46. The first-order valence-electron chi connectivity index (χ1n) is 16.1. The minimum Gasteiger partial charge on any atom is -0.311 e. The molecule has 9 rings (SSSR count). The first kappa shape index (κ1) is 28.4. The van der Waals surface area contributed by atoms with Crippen LogP contribution in [0.1, 0.15) is 0 Å². The summed E-state index contributed by atoms with van der Waals surface area (Å²) in [6, 6.07) is 58.9. The van der Waals surface area contributed by atoms with E-state index < -0.39 is 9.84 Å². The van der Waals surface area contributed by atoms with Crippen molar-refractivity contribution in [3.63, 3.8) is 0 Å². The smallest absolute Gasteiger partial charge is 0.252 e. The Hall–Kier alpha value is -5.85. The van der Waals surface area contributed by atoms with E-state index in [9.17, 15) is 8.42 Å². The zero-order chi connectivity index (χ0) is 32.2. The van der Waals surface area contributed by atoms with Crippen molar-refractivity contribution in [2.75, 3.05) is 9.80 Å². The van der Waals surface area contributed by atoms with Crippen LogP contribution in [0.4, 0.5) is 34.1 Å². The fourth-order valence-electron chi connectivity index (χ4n) is 7.34. The van der Waals surface area contributed by atoms with Crippen molar-refractivity contribution in [2.45, 2.75) is 9.79 Å².